The quantitative estimate of drug-likeness (QED) is 0.558. The molecular weight excluding hydrogens is 346 g/mol. The van der Waals surface area contributed by atoms with E-state index < -0.39 is 0 Å². The number of hydrogen-bond donors (Lipinski definition) is 1. The largest absolute Gasteiger partial charge is 0.507 e. The Bertz CT molecular complexity index is 1120. The second-order valence-electron chi connectivity index (χ2n) is 5.46. The highest BCUT2D eigenvalue weighted by Gasteiger charge is 2.15. The molecule has 4 aromatic rings. The van der Waals surface area contributed by atoms with E-state index in [-0.39, 0.29) is 11.5 Å². The summed E-state index contributed by atoms with van der Waals surface area (Å²) in [5.74, 6) is 0.844. The van der Waals surface area contributed by atoms with Gasteiger partial charge in [0.05, 0.1) is 23.2 Å². The summed E-state index contributed by atoms with van der Waals surface area (Å²) in [6.45, 7) is 0. The standard InChI is InChI=1S/C19H13N5OS/c20-10-11-26-19-22-18-21-15(14-8-4-5-9-17(14)25)12-16(24(18)23-19)13-6-2-1-3-7-13/h1-9,12,25H,11H2. The second-order valence-corrected chi connectivity index (χ2v) is 6.41. The van der Waals surface area contributed by atoms with Crippen LogP contribution in [-0.4, -0.2) is 30.4 Å². The Hall–Kier alpha value is -3.37. The van der Waals surface area contributed by atoms with Crippen LogP contribution in [0.25, 0.3) is 28.3 Å². The first-order valence-corrected chi connectivity index (χ1v) is 8.86. The molecular formula is C19H13N5OS. The van der Waals surface area contributed by atoms with Gasteiger partial charge in [0.15, 0.2) is 0 Å². The summed E-state index contributed by atoms with van der Waals surface area (Å²) in [6.07, 6.45) is 0. The topological polar surface area (TPSA) is 87.1 Å². The highest BCUT2D eigenvalue weighted by molar-refractivity contribution is 7.99. The second kappa shape index (κ2) is 6.86. The smallest absolute Gasteiger partial charge is 0.254 e. The minimum atomic E-state index is 0.155. The number of phenolic OH excluding ortho intramolecular Hbond substituents is 1. The molecule has 0 aliphatic carbocycles. The summed E-state index contributed by atoms with van der Waals surface area (Å²) < 4.78 is 1.67. The Morgan fingerprint density at radius 3 is 2.58 bits per heavy atom. The number of thioether (sulfide) groups is 1. The van der Waals surface area contributed by atoms with Crippen molar-refractivity contribution in [3.8, 4) is 34.3 Å². The number of rotatable bonds is 4. The van der Waals surface area contributed by atoms with Crippen LogP contribution in [0.5, 0.6) is 5.75 Å². The molecule has 0 unspecified atom stereocenters. The van der Waals surface area contributed by atoms with Crippen LogP contribution in [-0.2, 0) is 0 Å². The SMILES string of the molecule is N#CCSc1nc2nc(-c3ccccc3O)cc(-c3ccccc3)n2n1. The third kappa shape index (κ3) is 2.98. The van der Waals surface area contributed by atoms with E-state index in [4.69, 9.17) is 5.26 Å². The van der Waals surface area contributed by atoms with Crippen LogP contribution in [0.15, 0.2) is 65.8 Å². The summed E-state index contributed by atoms with van der Waals surface area (Å²) in [5, 5.41) is 23.9. The summed E-state index contributed by atoms with van der Waals surface area (Å²) in [4.78, 5) is 8.98. The molecule has 2 heterocycles. The van der Waals surface area contributed by atoms with Crippen molar-refractivity contribution in [2.24, 2.45) is 0 Å². The first-order chi connectivity index (χ1) is 12.8. The molecule has 26 heavy (non-hydrogen) atoms. The maximum Gasteiger partial charge on any atom is 0.254 e. The van der Waals surface area contributed by atoms with Gasteiger partial charge in [-0.1, -0.05) is 54.2 Å². The van der Waals surface area contributed by atoms with Crippen molar-refractivity contribution in [1.82, 2.24) is 19.6 Å². The van der Waals surface area contributed by atoms with Gasteiger partial charge in [0, 0.05) is 11.1 Å². The van der Waals surface area contributed by atoms with E-state index >= 15 is 0 Å². The molecule has 2 aromatic carbocycles. The van der Waals surface area contributed by atoms with Crippen LogP contribution in [0.3, 0.4) is 0 Å². The van der Waals surface area contributed by atoms with E-state index in [1.54, 1.807) is 16.6 Å². The molecule has 7 heteroatoms. The first kappa shape index (κ1) is 16.1. The van der Waals surface area contributed by atoms with Gasteiger partial charge in [-0.05, 0) is 18.2 Å². The van der Waals surface area contributed by atoms with Gasteiger partial charge in [-0.3, -0.25) is 0 Å². The van der Waals surface area contributed by atoms with E-state index in [0.29, 0.717) is 22.2 Å². The van der Waals surface area contributed by atoms with Crippen LogP contribution in [0.4, 0.5) is 0 Å². The van der Waals surface area contributed by atoms with Crippen molar-refractivity contribution >= 4 is 17.5 Å². The minimum Gasteiger partial charge on any atom is -0.507 e. The molecule has 0 spiro atoms. The molecule has 0 amide bonds. The zero-order valence-electron chi connectivity index (χ0n) is 13.6. The Morgan fingerprint density at radius 2 is 1.81 bits per heavy atom. The molecule has 0 aliphatic rings. The number of nitrogens with zero attached hydrogens (tertiary/aromatic N) is 5. The van der Waals surface area contributed by atoms with Crippen LogP contribution >= 0.6 is 11.8 Å². The van der Waals surface area contributed by atoms with Crippen molar-refractivity contribution in [1.29, 1.82) is 5.26 Å². The Labute approximate surface area is 153 Å². The fraction of sp³-hybridized carbons (Fsp3) is 0.0526. The predicted molar refractivity (Wildman–Crippen MR) is 99.7 cm³/mol. The molecule has 0 bridgehead atoms. The van der Waals surface area contributed by atoms with Crippen LogP contribution < -0.4 is 0 Å². The average molecular weight is 359 g/mol. The van der Waals surface area contributed by atoms with Gasteiger partial charge in [0.1, 0.15) is 5.75 Å². The zero-order valence-corrected chi connectivity index (χ0v) is 14.4. The van der Waals surface area contributed by atoms with Crippen molar-refractivity contribution in [2.45, 2.75) is 5.16 Å². The summed E-state index contributed by atoms with van der Waals surface area (Å²) in [7, 11) is 0. The minimum absolute atomic E-state index is 0.155. The van der Waals surface area contributed by atoms with E-state index in [1.165, 1.54) is 11.8 Å². The molecule has 126 valence electrons. The highest BCUT2D eigenvalue weighted by Crippen LogP contribution is 2.31. The van der Waals surface area contributed by atoms with E-state index in [9.17, 15) is 5.11 Å². The Kier molecular flexibility index (Phi) is 4.25. The Balaban J connectivity index is 1.95. The third-order valence-corrected chi connectivity index (χ3v) is 4.51. The normalized spacial score (nSPS) is 10.7. The number of aromatic hydroxyl groups is 1. The van der Waals surface area contributed by atoms with Gasteiger partial charge >= 0.3 is 0 Å². The van der Waals surface area contributed by atoms with Gasteiger partial charge in [0.25, 0.3) is 5.78 Å². The molecule has 0 saturated heterocycles. The number of fused-ring (bicyclic) bond motifs is 1. The number of phenols is 1. The lowest BCUT2D eigenvalue weighted by Crippen LogP contribution is -1.99. The molecule has 2 aromatic heterocycles. The maximum atomic E-state index is 10.2. The van der Waals surface area contributed by atoms with Crippen molar-refractivity contribution in [2.75, 3.05) is 5.75 Å². The van der Waals surface area contributed by atoms with Gasteiger partial charge in [-0.15, -0.1) is 5.10 Å². The number of aromatic nitrogens is 4. The summed E-state index contributed by atoms with van der Waals surface area (Å²) >= 11 is 1.26. The van der Waals surface area contributed by atoms with Gasteiger partial charge in [0.2, 0.25) is 5.16 Å². The van der Waals surface area contributed by atoms with Gasteiger partial charge in [-0.2, -0.15) is 14.8 Å². The zero-order chi connectivity index (χ0) is 17.9. The van der Waals surface area contributed by atoms with Crippen molar-refractivity contribution in [3.05, 3.63) is 60.7 Å². The molecule has 0 saturated carbocycles. The fourth-order valence-electron chi connectivity index (χ4n) is 2.65. The lowest BCUT2D eigenvalue weighted by molar-refractivity contribution is 0.477. The number of nitriles is 1. The summed E-state index contributed by atoms with van der Waals surface area (Å²) in [5.41, 5.74) is 3.00. The first-order valence-electron chi connectivity index (χ1n) is 7.87. The average Bonchev–Trinajstić information content (AvgIpc) is 3.09. The molecule has 1 N–H and O–H groups in total. The van der Waals surface area contributed by atoms with Gasteiger partial charge in [-0.25, -0.2) is 4.98 Å². The van der Waals surface area contributed by atoms with Crippen LogP contribution in [0.1, 0.15) is 0 Å². The van der Waals surface area contributed by atoms with E-state index in [1.807, 2.05) is 48.5 Å². The van der Waals surface area contributed by atoms with E-state index in [2.05, 4.69) is 21.1 Å². The highest BCUT2D eigenvalue weighted by atomic mass is 32.2. The van der Waals surface area contributed by atoms with Crippen molar-refractivity contribution in [3.63, 3.8) is 0 Å². The lowest BCUT2D eigenvalue weighted by Gasteiger charge is -2.08. The predicted octanol–water partition coefficient (Wildman–Crippen LogP) is 3.78. The number of para-hydroxylation sites is 1. The van der Waals surface area contributed by atoms with E-state index in [0.717, 1.165) is 11.3 Å². The number of benzene rings is 2. The molecule has 0 atom stereocenters. The number of hydrogen-bond acceptors (Lipinski definition) is 6. The fourth-order valence-corrected chi connectivity index (χ4v) is 3.13. The lowest BCUT2D eigenvalue weighted by atomic mass is 10.1. The van der Waals surface area contributed by atoms with Crippen molar-refractivity contribution < 1.29 is 5.11 Å². The maximum absolute atomic E-state index is 10.2. The molecule has 0 radical (unpaired) electrons. The Morgan fingerprint density at radius 1 is 1.04 bits per heavy atom. The summed E-state index contributed by atoms with van der Waals surface area (Å²) in [6, 6.07) is 20.8. The molecule has 0 fully saturated rings. The molecule has 4 rings (SSSR count). The van der Waals surface area contributed by atoms with Crippen LogP contribution in [0.2, 0.25) is 0 Å². The molecule has 0 aliphatic heterocycles. The third-order valence-electron chi connectivity index (χ3n) is 3.81. The van der Waals surface area contributed by atoms with Crippen LogP contribution in [0, 0.1) is 11.3 Å². The molecule has 6 nitrogen and oxygen atoms in total. The monoisotopic (exact) mass is 359 g/mol. The van der Waals surface area contributed by atoms with Gasteiger partial charge < -0.3 is 5.11 Å².